The zero-order valence-corrected chi connectivity index (χ0v) is 35.3. The molecule has 0 unspecified atom stereocenters. The molecule has 1 aliphatic rings. The van der Waals surface area contributed by atoms with E-state index < -0.39 is 5.41 Å². The Labute approximate surface area is 372 Å². The van der Waals surface area contributed by atoms with Crippen molar-refractivity contribution >= 4 is 48.6 Å². The highest BCUT2D eigenvalue weighted by atomic mass is 32.1. The number of rotatable bonds is 8. The Balaban J connectivity index is 0.984. The smallest absolute Gasteiger partial charge is 0.0714 e. The molecule has 0 fully saturated rings. The largest absolute Gasteiger partial charge is 0.310 e. The summed E-state index contributed by atoms with van der Waals surface area (Å²) < 4.78 is 2.65. The molecule has 0 aliphatic heterocycles. The lowest BCUT2D eigenvalue weighted by Crippen LogP contribution is -2.28. The molecule has 1 heterocycles. The molecule has 0 atom stereocenters. The zero-order valence-electron chi connectivity index (χ0n) is 34.5. The van der Waals surface area contributed by atoms with Crippen LogP contribution in [0.15, 0.2) is 249 Å². The van der Waals surface area contributed by atoms with E-state index in [0.29, 0.717) is 0 Å². The summed E-state index contributed by atoms with van der Waals surface area (Å²) in [6, 6.07) is 91.5. The van der Waals surface area contributed by atoms with E-state index in [2.05, 4.69) is 254 Å². The second-order valence-corrected chi connectivity index (χ2v) is 17.5. The Kier molecular flexibility index (Phi) is 8.98. The molecule has 12 rings (SSSR count). The highest BCUT2D eigenvalue weighted by Crippen LogP contribution is 2.57. The second-order valence-electron chi connectivity index (χ2n) is 16.4. The van der Waals surface area contributed by atoms with Gasteiger partial charge >= 0.3 is 0 Å². The van der Waals surface area contributed by atoms with Gasteiger partial charge in [0.1, 0.15) is 0 Å². The molecule has 0 N–H and O–H groups in total. The van der Waals surface area contributed by atoms with E-state index in [9.17, 15) is 0 Å². The first-order valence-corrected chi connectivity index (χ1v) is 22.5. The van der Waals surface area contributed by atoms with Crippen LogP contribution in [0.3, 0.4) is 0 Å². The summed E-state index contributed by atoms with van der Waals surface area (Å²) in [6.07, 6.45) is 0. The first-order chi connectivity index (χ1) is 31.2. The summed E-state index contributed by atoms with van der Waals surface area (Å²) in [4.78, 5) is 2.42. The molecular weight excluding hydrogens is 779 g/mol. The second kappa shape index (κ2) is 15.3. The number of nitrogens with zero attached hydrogens (tertiary/aromatic N) is 1. The van der Waals surface area contributed by atoms with Crippen molar-refractivity contribution < 1.29 is 0 Å². The molecule has 0 spiro atoms. The van der Waals surface area contributed by atoms with E-state index in [1.807, 2.05) is 11.3 Å². The summed E-state index contributed by atoms with van der Waals surface area (Å²) in [5, 5.41) is 2.64. The summed E-state index contributed by atoms with van der Waals surface area (Å²) in [5.41, 5.74) is 17.7. The lowest BCUT2D eigenvalue weighted by atomic mass is 9.67. The molecule has 0 bridgehead atoms. The van der Waals surface area contributed by atoms with Crippen LogP contribution in [-0.4, -0.2) is 0 Å². The van der Waals surface area contributed by atoms with E-state index >= 15 is 0 Å². The molecule has 63 heavy (non-hydrogen) atoms. The zero-order chi connectivity index (χ0) is 41.7. The average Bonchev–Trinajstić information content (AvgIpc) is 3.89. The van der Waals surface area contributed by atoms with E-state index in [-0.39, 0.29) is 0 Å². The Morgan fingerprint density at radius 1 is 0.286 bits per heavy atom. The Bertz CT molecular complexity index is 3380. The summed E-state index contributed by atoms with van der Waals surface area (Å²) in [7, 11) is 0. The third-order valence-corrected chi connectivity index (χ3v) is 14.1. The van der Waals surface area contributed by atoms with E-state index in [1.54, 1.807) is 0 Å². The molecule has 0 saturated carbocycles. The van der Waals surface area contributed by atoms with Gasteiger partial charge in [-0.15, -0.1) is 11.3 Å². The monoisotopic (exact) mass is 819 g/mol. The third kappa shape index (κ3) is 6.22. The predicted molar refractivity (Wildman–Crippen MR) is 268 cm³/mol. The first kappa shape index (κ1) is 37.0. The number of fused-ring (bicyclic) bond motifs is 6. The molecule has 2 heteroatoms. The van der Waals surface area contributed by atoms with Crippen LogP contribution in [0.1, 0.15) is 22.3 Å². The van der Waals surface area contributed by atoms with Crippen LogP contribution >= 0.6 is 11.3 Å². The van der Waals surface area contributed by atoms with Gasteiger partial charge in [0, 0.05) is 37.2 Å². The van der Waals surface area contributed by atoms with E-state index in [1.165, 1.54) is 86.9 Å². The number of anilines is 3. The van der Waals surface area contributed by atoms with Crippen LogP contribution in [0, 0.1) is 0 Å². The fraction of sp³-hybridized carbons (Fsp3) is 0.0164. The lowest BCUT2D eigenvalue weighted by Gasteiger charge is -2.35. The fourth-order valence-electron chi connectivity index (χ4n) is 10.0. The minimum atomic E-state index is -0.497. The molecule has 1 aliphatic carbocycles. The summed E-state index contributed by atoms with van der Waals surface area (Å²) in [6.45, 7) is 0. The first-order valence-electron chi connectivity index (χ1n) is 21.7. The van der Waals surface area contributed by atoms with Gasteiger partial charge in [0.05, 0.1) is 5.41 Å². The normalized spacial score (nSPS) is 12.6. The minimum Gasteiger partial charge on any atom is -0.310 e. The lowest BCUT2D eigenvalue weighted by molar-refractivity contribution is 0.768. The van der Waals surface area contributed by atoms with Crippen molar-refractivity contribution in [3.63, 3.8) is 0 Å². The van der Waals surface area contributed by atoms with Crippen LogP contribution < -0.4 is 4.90 Å². The molecular formula is C61H41NS. The maximum atomic E-state index is 2.45. The van der Waals surface area contributed by atoms with Crippen molar-refractivity contribution in [2.45, 2.75) is 5.41 Å². The van der Waals surface area contributed by atoms with Gasteiger partial charge in [0.2, 0.25) is 0 Å². The Hall–Kier alpha value is -7.78. The predicted octanol–water partition coefficient (Wildman–Crippen LogP) is 16.9. The Morgan fingerprint density at radius 2 is 0.762 bits per heavy atom. The van der Waals surface area contributed by atoms with E-state index in [4.69, 9.17) is 0 Å². The molecule has 1 aromatic heterocycles. The van der Waals surface area contributed by atoms with Gasteiger partial charge in [-0.3, -0.25) is 0 Å². The number of benzene rings is 10. The van der Waals surface area contributed by atoms with Gasteiger partial charge in [-0.25, -0.2) is 0 Å². The number of hydrogen-bond acceptors (Lipinski definition) is 2. The maximum absolute atomic E-state index is 2.45. The summed E-state index contributed by atoms with van der Waals surface area (Å²) in [5.74, 6) is 0. The van der Waals surface area contributed by atoms with Gasteiger partial charge in [-0.2, -0.15) is 0 Å². The molecule has 1 nitrogen and oxygen atoms in total. The molecule has 0 amide bonds. The van der Waals surface area contributed by atoms with Gasteiger partial charge in [-0.05, 0) is 127 Å². The van der Waals surface area contributed by atoms with Crippen LogP contribution in [0.5, 0.6) is 0 Å². The quantitative estimate of drug-likeness (QED) is 0.148. The van der Waals surface area contributed by atoms with Gasteiger partial charge in [0.15, 0.2) is 0 Å². The van der Waals surface area contributed by atoms with Gasteiger partial charge in [-0.1, -0.05) is 188 Å². The fourth-order valence-corrected chi connectivity index (χ4v) is 11.1. The van der Waals surface area contributed by atoms with Crippen molar-refractivity contribution in [1.82, 2.24) is 0 Å². The SMILES string of the molecule is c1ccc(-c2ccc(N(c3ccc(-c4cccc(-c5ccc6sc7ccccc7c6c5)c4)cc3)c3ccc4c(c3)C(c3ccccc3)(c3ccccc3)c3ccccc3-4)cc2)cc1. The highest BCUT2D eigenvalue weighted by molar-refractivity contribution is 7.25. The van der Waals surface area contributed by atoms with Crippen LogP contribution in [-0.2, 0) is 5.41 Å². The highest BCUT2D eigenvalue weighted by Gasteiger charge is 2.46. The van der Waals surface area contributed by atoms with Crippen molar-refractivity contribution in [3.05, 3.63) is 271 Å². The number of thiophene rings is 1. The summed E-state index contributed by atoms with van der Waals surface area (Å²) >= 11 is 1.86. The molecule has 0 radical (unpaired) electrons. The molecule has 10 aromatic carbocycles. The topological polar surface area (TPSA) is 3.24 Å². The van der Waals surface area contributed by atoms with Crippen molar-refractivity contribution in [3.8, 4) is 44.5 Å². The van der Waals surface area contributed by atoms with Crippen LogP contribution in [0.25, 0.3) is 64.7 Å². The maximum Gasteiger partial charge on any atom is 0.0714 e. The Morgan fingerprint density at radius 3 is 1.46 bits per heavy atom. The van der Waals surface area contributed by atoms with Gasteiger partial charge < -0.3 is 4.90 Å². The minimum absolute atomic E-state index is 0.497. The standard InChI is InChI=1S/C61H41NS/c1-4-15-42(16-5-1)43-27-32-50(33-28-43)62(51-34-29-44(30-35-51)45-17-14-18-46(39-45)47-31-38-60-56(40-47)55-24-11-13-26-59(55)63-60)52-36-37-54-53-23-10-12-25-57(53)61(58(54)41-52,48-19-6-2-7-20-48)49-21-8-3-9-22-49/h1-41H. The van der Waals surface area contributed by atoms with Gasteiger partial charge in [0.25, 0.3) is 0 Å². The van der Waals surface area contributed by atoms with E-state index in [0.717, 1.165) is 17.1 Å². The third-order valence-electron chi connectivity index (χ3n) is 13.0. The van der Waals surface area contributed by atoms with Crippen LogP contribution in [0.2, 0.25) is 0 Å². The average molecular weight is 820 g/mol. The molecule has 11 aromatic rings. The van der Waals surface area contributed by atoms with Crippen LogP contribution in [0.4, 0.5) is 17.1 Å². The molecule has 0 saturated heterocycles. The van der Waals surface area contributed by atoms with Crippen molar-refractivity contribution in [1.29, 1.82) is 0 Å². The van der Waals surface area contributed by atoms with Crippen molar-refractivity contribution in [2.24, 2.45) is 0 Å². The number of hydrogen-bond donors (Lipinski definition) is 0. The molecule has 296 valence electrons. The van der Waals surface area contributed by atoms with Crippen molar-refractivity contribution in [2.75, 3.05) is 4.90 Å².